The highest BCUT2D eigenvalue weighted by Gasteiger charge is 2.02. The Morgan fingerprint density at radius 3 is 2.74 bits per heavy atom. The van der Waals surface area contributed by atoms with Crippen LogP contribution in [0.15, 0.2) is 42.6 Å². The van der Waals surface area contributed by atoms with Gasteiger partial charge in [0, 0.05) is 38.4 Å². The molecule has 23 heavy (non-hydrogen) atoms. The smallest absolute Gasteiger partial charge is 0.303 e. The van der Waals surface area contributed by atoms with Crippen LogP contribution in [0, 0.1) is 0 Å². The van der Waals surface area contributed by atoms with E-state index in [1.54, 1.807) is 0 Å². The highest BCUT2D eigenvalue weighted by molar-refractivity contribution is 5.67. The minimum absolute atomic E-state index is 0.153. The van der Waals surface area contributed by atoms with Crippen LogP contribution in [-0.2, 0) is 17.8 Å². The minimum Gasteiger partial charge on any atom is -0.481 e. The monoisotopic (exact) mass is 313 g/mol. The summed E-state index contributed by atoms with van der Waals surface area (Å²) in [6.45, 7) is 3.70. The van der Waals surface area contributed by atoms with Crippen molar-refractivity contribution in [1.29, 1.82) is 0 Å². The molecule has 1 aromatic carbocycles. The standard InChI is InChI=1S/C18H23N3O2/c1-3-21(2)17-9-7-15(13-20-17)12-19-16-6-4-5-14(11-16)8-10-18(22)23/h4-7,9,11,13,19H,3,8,10,12H2,1-2H3,(H,22,23). The van der Waals surface area contributed by atoms with E-state index in [1.807, 2.05) is 43.6 Å². The lowest BCUT2D eigenvalue weighted by Crippen LogP contribution is -2.17. The van der Waals surface area contributed by atoms with Crippen molar-refractivity contribution in [3.63, 3.8) is 0 Å². The predicted molar refractivity (Wildman–Crippen MR) is 92.9 cm³/mol. The quantitative estimate of drug-likeness (QED) is 0.783. The SMILES string of the molecule is CCN(C)c1ccc(CNc2cccc(CCC(=O)O)c2)cn1. The van der Waals surface area contributed by atoms with Crippen molar-refractivity contribution in [2.24, 2.45) is 0 Å². The summed E-state index contributed by atoms with van der Waals surface area (Å²) in [5, 5.41) is 12.1. The Bertz CT molecular complexity index is 641. The summed E-state index contributed by atoms with van der Waals surface area (Å²) in [5.41, 5.74) is 3.12. The molecular weight excluding hydrogens is 290 g/mol. The fourth-order valence-corrected chi connectivity index (χ4v) is 2.20. The molecule has 122 valence electrons. The second-order valence-corrected chi connectivity index (χ2v) is 5.49. The van der Waals surface area contributed by atoms with E-state index < -0.39 is 5.97 Å². The summed E-state index contributed by atoms with van der Waals surface area (Å²) >= 11 is 0. The first-order chi connectivity index (χ1) is 11.1. The molecule has 2 rings (SSSR count). The molecule has 5 heteroatoms. The number of pyridine rings is 1. The average Bonchev–Trinajstić information content (AvgIpc) is 2.58. The summed E-state index contributed by atoms with van der Waals surface area (Å²) in [7, 11) is 2.02. The van der Waals surface area contributed by atoms with Crippen LogP contribution in [0.25, 0.3) is 0 Å². The number of carboxylic acids is 1. The lowest BCUT2D eigenvalue weighted by molar-refractivity contribution is -0.136. The van der Waals surface area contributed by atoms with Crippen LogP contribution in [-0.4, -0.2) is 29.7 Å². The van der Waals surface area contributed by atoms with E-state index in [0.29, 0.717) is 13.0 Å². The molecule has 1 heterocycles. The van der Waals surface area contributed by atoms with Crippen LogP contribution in [0.2, 0.25) is 0 Å². The van der Waals surface area contributed by atoms with Gasteiger partial charge in [-0.3, -0.25) is 4.79 Å². The van der Waals surface area contributed by atoms with E-state index in [-0.39, 0.29) is 6.42 Å². The molecule has 0 aliphatic rings. The molecule has 0 spiro atoms. The van der Waals surface area contributed by atoms with E-state index in [4.69, 9.17) is 5.11 Å². The molecule has 2 aromatic rings. The zero-order chi connectivity index (χ0) is 16.7. The number of aliphatic carboxylic acids is 1. The molecule has 0 unspecified atom stereocenters. The lowest BCUT2D eigenvalue weighted by Gasteiger charge is -2.15. The Labute approximate surface area is 137 Å². The number of nitrogens with one attached hydrogen (secondary N) is 1. The van der Waals surface area contributed by atoms with Gasteiger partial charge in [-0.2, -0.15) is 0 Å². The first-order valence-corrected chi connectivity index (χ1v) is 7.79. The van der Waals surface area contributed by atoms with E-state index in [1.165, 1.54) is 0 Å². The highest BCUT2D eigenvalue weighted by Crippen LogP contribution is 2.15. The molecule has 0 aliphatic carbocycles. The number of hydrogen-bond donors (Lipinski definition) is 2. The molecule has 0 radical (unpaired) electrons. The minimum atomic E-state index is -0.772. The molecule has 0 atom stereocenters. The summed E-state index contributed by atoms with van der Waals surface area (Å²) < 4.78 is 0. The van der Waals surface area contributed by atoms with Gasteiger partial charge in [-0.05, 0) is 42.7 Å². The summed E-state index contributed by atoms with van der Waals surface area (Å²) in [4.78, 5) is 17.2. The third kappa shape index (κ3) is 5.29. The number of carbonyl (C=O) groups is 1. The molecular formula is C18H23N3O2. The number of anilines is 2. The van der Waals surface area contributed by atoms with Gasteiger partial charge in [0.05, 0.1) is 0 Å². The lowest BCUT2D eigenvalue weighted by atomic mass is 10.1. The number of benzene rings is 1. The van der Waals surface area contributed by atoms with Gasteiger partial charge in [0.1, 0.15) is 5.82 Å². The van der Waals surface area contributed by atoms with Crippen LogP contribution in [0.4, 0.5) is 11.5 Å². The molecule has 0 fully saturated rings. The fraction of sp³-hybridized carbons (Fsp3) is 0.333. The maximum atomic E-state index is 10.6. The summed E-state index contributed by atoms with van der Waals surface area (Å²) in [5.74, 6) is 0.193. The Morgan fingerprint density at radius 1 is 1.26 bits per heavy atom. The van der Waals surface area contributed by atoms with Crippen molar-refractivity contribution in [3.8, 4) is 0 Å². The number of hydrogen-bond acceptors (Lipinski definition) is 4. The summed E-state index contributed by atoms with van der Waals surface area (Å²) in [6.07, 6.45) is 2.58. The molecule has 0 aliphatic heterocycles. The topological polar surface area (TPSA) is 65.5 Å². The molecule has 0 saturated carbocycles. The second-order valence-electron chi connectivity index (χ2n) is 5.49. The normalized spacial score (nSPS) is 10.3. The van der Waals surface area contributed by atoms with Crippen LogP contribution < -0.4 is 10.2 Å². The van der Waals surface area contributed by atoms with Gasteiger partial charge < -0.3 is 15.3 Å². The first kappa shape index (κ1) is 16.8. The molecule has 5 nitrogen and oxygen atoms in total. The van der Waals surface area contributed by atoms with Crippen molar-refractivity contribution < 1.29 is 9.90 Å². The molecule has 2 N–H and O–H groups in total. The Kier molecular flexibility index (Phi) is 5.97. The van der Waals surface area contributed by atoms with E-state index >= 15 is 0 Å². The van der Waals surface area contributed by atoms with E-state index in [9.17, 15) is 4.79 Å². The van der Waals surface area contributed by atoms with Gasteiger partial charge in [0.2, 0.25) is 0 Å². The number of aromatic nitrogens is 1. The largest absolute Gasteiger partial charge is 0.481 e. The van der Waals surface area contributed by atoms with Gasteiger partial charge in [0.15, 0.2) is 0 Å². The van der Waals surface area contributed by atoms with E-state index in [2.05, 4.69) is 28.2 Å². The molecule has 0 bridgehead atoms. The van der Waals surface area contributed by atoms with Crippen molar-refractivity contribution in [2.75, 3.05) is 23.8 Å². The second kappa shape index (κ2) is 8.17. The number of rotatable bonds is 8. The van der Waals surface area contributed by atoms with Gasteiger partial charge in [-0.15, -0.1) is 0 Å². The number of aryl methyl sites for hydroxylation is 1. The van der Waals surface area contributed by atoms with Gasteiger partial charge in [0.25, 0.3) is 0 Å². The Balaban J connectivity index is 1.92. The zero-order valence-corrected chi connectivity index (χ0v) is 13.6. The third-order valence-electron chi connectivity index (χ3n) is 3.73. The van der Waals surface area contributed by atoms with Crippen molar-refractivity contribution in [3.05, 3.63) is 53.7 Å². The third-order valence-corrected chi connectivity index (χ3v) is 3.73. The number of carboxylic acid groups (broad SMARTS) is 1. The van der Waals surface area contributed by atoms with Gasteiger partial charge in [-0.1, -0.05) is 18.2 Å². The fourth-order valence-electron chi connectivity index (χ4n) is 2.20. The molecule has 1 aromatic heterocycles. The average molecular weight is 313 g/mol. The predicted octanol–water partition coefficient (Wildman–Crippen LogP) is 3.17. The van der Waals surface area contributed by atoms with Crippen molar-refractivity contribution >= 4 is 17.5 Å². The van der Waals surface area contributed by atoms with E-state index in [0.717, 1.165) is 29.2 Å². The number of nitrogens with zero attached hydrogens (tertiary/aromatic N) is 2. The van der Waals surface area contributed by atoms with Crippen molar-refractivity contribution in [1.82, 2.24) is 4.98 Å². The highest BCUT2D eigenvalue weighted by atomic mass is 16.4. The zero-order valence-electron chi connectivity index (χ0n) is 13.6. The van der Waals surface area contributed by atoms with Crippen LogP contribution >= 0.6 is 0 Å². The Hall–Kier alpha value is -2.56. The van der Waals surface area contributed by atoms with Crippen LogP contribution in [0.3, 0.4) is 0 Å². The molecule has 0 saturated heterocycles. The molecule has 0 amide bonds. The Morgan fingerprint density at radius 2 is 2.09 bits per heavy atom. The van der Waals surface area contributed by atoms with Crippen molar-refractivity contribution in [2.45, 2.75) is 26.3 Å². The van der Waals surface area contributed by atoms with Crippen LogP contribution in [0.1, 0.15) is 24.5 Å². The maximum absolute atomic E-state index is 10.6. The van der Waals surface area contributed by atoms with Crippen LogP contribution in [0.5, 0.6) is 0 Å². The summed E-state index contributed by atoms with van der Waals surface area (Å²) in [6, 6.07) is 12.0. The first-order valence-electron chi connectivity index (χ1n) is 7.79. The maximum Gasteiger partial charge on any atom is 0.303 e. The van der Waals surface area contributed by atoms with Gasteiger partial charge in [-0.25, -0.2) is 4.98 Å². The van der Waals surface area contributed by atoms with Gasteiger partial charge >= 0.3 is 5.97 Å².